The van der Waals surface area contributed by atoms with Gasteiger partial charge in [0.05, 0.1) is 26.4 Å². The first-order chi connectivity index (χ1) is 46.7. The molecule has 0 aliphatic rings. The average molecular weight is 1420 g/mol. The lowest BCUT2D eigenvalue weighted by Crippen LogP contribution is -2.30. The van der Waals surface area contributed by atoms with Gasteiger partial charge in [0.25, 0.3) is 0 Å². The maximum absolute atomic E-state index is 13.1. The molecule has 0 heterocycles. The van der Waals surface area contributed by atoms with Crippen molar-refractivity contribution in [3.8, 4) is 0 Å². The third kappa shape index (κ3) is 71.7. The van der Waals surface area contributed by atoms with Crippen molar-refractivity contribution in [1.82, 2.24) is 0 Å². The molecule has 0 fully saturated rings. The normalized spacial score (nSPS) is 14.2. The highest BCUT2D eigenvalue weighted by atomic mass is 31.2. The molecule has 97 heavy (non-hydrogen) atoms. The van der Waals surface area contributed by atoms with E-state index in [2.05, 4.69) is 72.8 Å². The highest BCUT2D eigenvalue weighted by Crippen LogP contribution is 2.45. The Hall–Kier alpha value is -2.46. The lowest BCUT2D eigenvalue weighted by molar-refractivity contribution is -0.161. The van der Waals surface area contributed by atoms with Crippen molar-refractivity contribution in [3.05, 3.63) is 24.3 Å². The van der Waals surface area contributed by atoms with E-state index in [0.717, 1.165) is 127 Å². The second-order valence-corrected chi connectivity index (χ2v) is 31.7. The minimum atomic E-state index is -4.97. The molecule has 0 saturated carbocycles. The zero-order chi connectivity index (χ0) is 71.6. The van der Waals surface area contributed by atoms with Crippen molar-refractivity contribution in [2.24, 2.45) is 17.8 Å². The third-order valence-corrected chi connectivity index (χ3v) is 19.4. The average Bonchev–Trinajstić information content (AvgIpc) is 2.05. The van der Waals surface area contributed by atoms with Gasteiger partial charge in [-0.3, -0.25) is 37.3 Å². The number of carbonyl (C=O) groups excluding carboxylic acids is 4. The molecule has 3 N–H and O–H groups in total. The number of esters is 4. The summed E-state index contributed by atoms with van der Waals surface area (Å²) in [6, 6.07) is 0. The van der Waals surface area contributed by atoms with E-state index in [9.17, 15) is 43.2 Å². The molecule has 0 aromatic rings. The molecule has 0 amide bonds. The lowest BCUT2D eigenvalue weighted by atomic mass is 10.0. The number of rotatable bonds is 74. The van der Waals surface area contributed by atoms with Crippen LogP contribution in [-0.4, -0.2) is 96.7 Å². The Balaban J connectivity index is 5.24. The predicted octanol–water partition coefficient (Wildman–Crippen LogP) is 22.5. The largest absolute Gasteiger partial charge is 0.472 e. The van der Waals surface area contributed by atoms with Gasteiger partial charge in [0, 0.05) is 25.7 Å². The second-order valence-electron chi connectivity index (χ2n) is 28.8. The topological polar surface area (TPSA) is 237 Å². The predicted molar refractivity (Wildman–Crippen MR) is 395 cm³/mol. The number of aliphatic hydroxyl groups excluding tert-OH is 1. The fourth-order valence-corrected chi connectivity index (χ4v) is 13.0. The molecule has 0 aliphatic carbocycles. The summed E-state index contributed by atoms with van der Waals surface area (Å²) in [7, 11) is -9.93. The van der Waals surface area contributed by atoms with Gasteiger partial charge < -0.3 is 33.8 Å². The van der Waals surface area contributed by atoms with Gasteiger partial charge in [0.15, 0.2) is 12.2 Å². The van der Waals surface area contributed by atoms with E-state index < -0.39 is 97.5 Å². The number of unbranched alkanes of at least 4 members (excludes halogenated alkanes) is 39. The van der Waals surface area contributed by atoms with Crippen LogP contribution in [0.1, 0.15) is 376 Å². The van der Waals surface area contributed by atoms with Crippen LogP contribution in [0.2, 0.25) is 0 Å². The number of aliphatic hydroxyl groups is 1. The fourth-order valence-electron chi connectivity index (χ4n) is 11.4. The first-order valence-corrected chi connectivity index (χ1v) is 42.7. The van der Waals surface area contributed by atoms with Crippen LogP contribution >= 0.6 is 15.6 Å². The van der Waals surface area contributed by atoms with E-state index in [1.54, 1.807) is 0 Å². The third-order valence-electron chi connectivity index (χ3n) is 17.5. The first-order valence-electron chi connectivity index (χ1n) is 39.7. The van der Waals surface area contributed by atoms with Crippen molar-refractivity contribution in [2.45, 2.75) is 394 Å². The van der Waals surface area contributed by atoms with Crippen molar-refractivity contribution in [2.75, 3.05) is 39.6 Å². The smallest absolute Gasteiger partial charge is 0.462 e. The van der Waals surface area contributed by atoms with Gasteiger partial charge >= 0.3 is 39.5 Å². The number of ether oxygens (including phenoxy) is 4. The lowest BCUT2D eigenvalue weighted by Gasteiger charge is -2.21. The van der Waals surface area contributed by atoms with Crippen LogP contribution in [0.5, 0.6) is 0 Å². The molecule has 0 spiro atoms. The Morgan fingerprint density at radius 1 is 0.320 bits per heavy atom. The summed E-state index contributed by atoms with van der Waals surface area (Å²) < 4.78 is 68.5. The maximum atomic E-state index is 13.1. The van der Waals surface area contributed by atoms with Gasteiger partial charge in [0.1, 0.15) is 19.3 Å². The molecule has 0 bridgehead atoms. The quantitative estimate of drug-likeness (QED) is 0.0169. The molecule has 17 nitrogen and oxygen atoms in total. The van der Waals surface area contributed by atoms with Gasteiger partial charge in [0.2, 0.25) is 0 Å². The maximum Gasteiger partial charge on any atom is 0.472 e. The summed E-state index contributed by atoms with van der Waals surface area (Å²) in [4.78, 5) is 72.8. The van der Waals surface area contributed by atoms with Crippen LogP contribution in [-0.2, 0) is 65.4 Å². The zero-order valence-electron chi connectivity index (χ0n) is 63.0. The van der Waals surface area contributed by atoms with Crippen molar-refractivity contribution < 1.29 is 80.2 Å². The minimum absolute atomic E-state index is 0.0992. The molecular formula is C78H148O17P2. The minimum Gasteiger partial charge on any atom is -0.462 e. The van der Waals surface area contributed by atoms with E-state index in [-0.39, 0.29) is 25.7 Å². The van der Waals surface area contributed by atoms with Crippen LogP contribution in [0, 0.1) is 17.8 Å². The van der Waals surface area contributed by atoms with E-state index >= 15 is 0 Å². The Bertz CT molecular complexity index is 1980. The molecular weight excluding hydrogens is 1270 g/mol. The monoisotopic (exact) mass is 1420 g/mol. The number of phosphoric ester groups is 2. The highest BCUT2D eigenvalue weighted by molar-refractivity contribution is 7.47. The number of allylic oxidation sites excluding steroid dienone is 4. The first kappa shape index (κ1) is 94.5. The standard InChI is InChI=1S/C78H148O17P2/c1-8-9-10-11-12-13-14-15-18-22-27-32-37-45-52-59-75(80)88-65-73(94-78(83)62-55-48-39-34-29-24-26-31-36-43-50-57-70(4)5)67-92-96(84,85)90-63-72(79)64-91-97(86,87)93-68-74(66-89-76(81)60-53-46-41-40-44-51-58-71(6)7)95-77(82)61-54-47-38-33-28-23-20-17-16-19-21-25-30-35-42-49-56-69(2)3/h13-15,18,69-74,79H,8-12,16-17,19-68H2,1-7H3,(H,84,85)(H,86,87)/b14-13-,18-15-/t72?,73-,74-/m1/s1. The van der Waals surface area contributed by atoms with Crippen molar-refractivity contribution in [3.63, 3.8) is 0 Å². The fraction of sp³-hybridized carbons (Fsp3) is 0.897. The molecule has 19 heteroatoms. The molecule has 0 aromatic heterocycles. The SMILES string of the molecule is CCCCCC/C=C\C=C/CCCCCCCC(=O)OC[C@H](COP(=O)(O)OCC(O)COP(=O)(O)OC[C@@H](COC(=O)CCCCCCCCC(C)C)OC(=O)CCCCCCCCCCCCCCCCCCC(C)C)OC(=O)CCCCCCCCCCCCCC(C)C. The molecule has 0 rings (SSSR count). The van der Waals surface area contributed by atoms with Crippen LogP contribution in [0.15, 0.2) is 24.3 Å². The molecule has 5 atom stereocenters. The van der Waals surface area contributed by atoms with E-state index in [4.69, 9.17) is 37.0 Å². The van der Waals surface area contributed by atoms with Gasteiger partial charge in [-0.2, -0.15) is 0 Å². The molecule has 0 saturated heterocycles. The summed E-state index contributed by atoms with van der Waals surface area (Å²) in [5, 5.41) is 10.6. The Labute approximate surface area is 592 Å². The van der Waals surface area contributed by atoms with Gasteiger partial charge in [-0.05, 0) is 69.1 Å². The van der Waals surface area contributed by atoms with E-state index in [1.807, 2.05) is 0 Å². The van der Waals surface area contributed by atoms with Crippen LogP contribution < -0.4 is 0 Å². The molecule has 0 radical (unpaired) electrons. The summed E-state index contributed by atoms with van der Waals surface area (Å²) in [5.41, 5.74) is 0. The van der Waals surface area contributed by atoms with Gasteiger partial charge in [-0.1, -0.05) is 323 Å². The van der Waals surface area contributed by atoms with Crippen molar-refractivity contribution >= 4 is 39.5 Å². The molecule has 0 aromatic carbocycles. The molecule has 0 aliphatic heterocycles. The summed E-state index contributed by atoms with van der Waals surface area (Å²) >= 11 is 0. The van der Waals surface area contributed by atoms with Gasteiger partial charge in [-0.15, -0.1) is 0 Å². The summed E-state index contributed by atoms with van der Waals surface area (Å²) in [6.07, 6.45) is 57.9. The number of phosphoric acid groups is 2. The Morgan fingerprint density at radius 3 is 0.835 bits per heavy atom. The summed E-state index contributed by atoms with van der Waals surface area (Å²) in [6.45, 7) is 11.8. The zero-order valence-corrected chi connectivity index (χ0v) is 64.8. The molecule has 572 valence electrons. The number of carbonyl (C=O) groups is 4. The Kier molecular flexibility index (Phi) is 66.3. The number of hydrogen-bond acceptors (Lipinski definition) is 15. The molecule has 3 unspecified atom stereocenters. The van der Waals surface area contributed by atoms with Crippen LogP contribution in [0.3, 0.4) is 0 Å². The van der Waals surface area contributed by atoms with Crippen LogP contribution in [0.4, 0.5) is 0 Å². The van der Waals surface area contributed by atoms with Crippen molar-refractivity contribution in [1.29, 1.82) is 0 Å². The number of hydrogen-bond donors (Lipinski definition) is 3. The van der Waals surface area contributed by atoms with E-state index in [0.29, 0.717) is 31.6 Å². The highest BCUT2D eigenvalue weighted by Gasteiger charge is 2.30. The van der Waals surface area contributed by atoms with Crippen LogP contribution in [0.25, 0.3) is 0 Å². The Morgan fingerprint density at radius 2 is 0.557 bits per heavy atom. The summed E-state index contributed by atoms with van der Waals surface area (Å²) in [5.74, 6) is 0.101. The second kappa shape index (κ2) is 68.0. The van der Waals surface area contributed by atoms with E-state index in [1.165, 1.54) is 161 Å². The van der Waals surface area contributed by atoms with Gasteiger partial charge in [-0.25, -0.2) is 9.13 Å².